The van der Waals surface area contributed by atoms with Crippen molar-refractivity contribution in [2.24, 2.45) is 28.5 Å². The number of benzodiazepines with no additional fused rings is 1. The van der Waals surface area contributed by atoms with Crippen LogP contribution in [0.15, 0.2) is 23.2 Å². The third-order valence-electron chi connectivity index (χ3n) is 6.80. The summed E-state index contributed by atoms with van der Waals surface area (Å²) in [5.41, 5.74) is 9.73. The number of carbonyl (C=O) groups excluding carboxylic acids is 2. The van der Waals surface area contributed by atoms with Crippen LogP contribution < -0.4 is 10.6 Å². The molecule has 6 heteroatoms. The monoisotopic (exact) mass is 410 g/mol. The summed E-state index contributed by atoms with van der Waals surface area (Å²) >= 11 is 0. The first-order valence-corrected chi connectivity index (χ1v) is 11.3. The maximum Gasteiger partial charge on any atom is 0.266 e. The van der Waals surface area contributed by atoms with Crippen molar-refractivity contribution in [3.63, 3.8) is 0 Å². The van der Waals surface area contributed by atoms with Gasteiger partial charge in [0.05, 0.1) is 5.69 Å². The molecular formula is C24H34N4O2. The number of para-hydroxylation sites is 1. The molecule has 5 rings (SSSR count). The number of benzene rings is 1. The smallest absolute Gasteiger partial charge is 0.266 e. The van der Waals surface area contributed by atoms with E-state index in [0.717, 1.165) is 42.0 Å². The number of carbonyl (C=O) groups is 2. The average Bonchev–Trinajstić information content (AvgIpc) is 3.08. The zero-order valence-electron chi connectivity index (χ0n) is 18.4. The lowest BCUT2D eigenvalue weighted by atomic mass is 9.84. The van der Waals surface area contributed by atoms with Crippen LogP contribution in [0.1, 0.15) is 57.1 Å². The molecule has 1 aromatic rings. The van der Waals surface area contributed by atoms with Gasteiger partial charge in [0.25, 0.3) is 5.91 Å². The highest BCUT2D eigenvalue weighted by molar-refractivity contribution is 6.14. The first-order valence-electron chi connectivity index (χ1n) is 11.3. The van der Waals surface area contributed by atoms with E-state index in [1.165, 1.54) is 25.7 Å². The molecule has 4 aliphatic rings. The SMILES string of the molecule is Cc1cccc2c1N(CC(=O)N1CC3CCC(CC3)C1)C(=O)[C@@H](N)N=C2CC(C)C. The lowest BCUT2D eigenvalue weighted by Gasteiger charge is -2.29. The Labute approximate surface area is 179 Å². The van der Waals surface area contributed by atoms with Gasteiger partial charge in [0.15, 0.2) is 6.17 Å². The zero-order chi connectivity index (χ0) is 21.4. The first-order chi connectivity index (χ1) is 14.3. The minimum Gasteiger partial charge on any atom is -0.341 e. The van der Waals surface area contributed by atoms with Gasteiger partial charge in [0.1, 0.15) is 6.54 Å². The largest absolute Gasteiger partial charge is 0.341 e. The van der Waals surface area contributed by atoms with Gasteiger partial charge in [-0.3, -0.25) is 19.5 Å². The molecule has 0 aromatic heterocycles. The van der Waals surface area contributed by atoms with Crippen LogP contribution in [0.5, 0.6) is 0 Å². The van der Waals surface area contributed by atoms with E-state index in [9.17, 15) is 9.59 Å². The predicted molar refractivity (Wildman–Crippen MR) is 120 cm³/mol. The fraction of sp³-hybridized carbons (Fsp3) is 0.625. The summed E-state index contributed by atoms with van der Waals surface area (Å²) in [5.74, 6) is 1.32. The second-order valence-corrected chi connectivity index (χ2v) is 9.70. The van der Waals surface area contributed by atoms with Gasteiger partial charge in [-0.2, -0.15) is 0 Å². The molecule has 2 saturated heterocycles. The molecular weight excluding hydrogens is 376 g/mol. The molecule has 1 aromatic carbocycles. The van der Waals surface area contributed by atoms with Crippen LogP contribution in [-0.2, 0) is 9.59 Å². The number of anilines is 1. The van der Waals surface area contributed by atoms with Crippen LogP contribution in [-0.4, -0.2) is 48.2 Å². The van der Waals surface area contributed by atoms with Gasteiger partial charge in [-0.1, -0.05) is 32.0 Å². The Morgan fingerprint density at radius 2 is 1.80 bits per heavy atom. The van der Waals surface area contributed by atoms with Gasteiger partial charge in [0, 0.05) is 24.4 Å². The number of aryl methyl sites for hydroxylation is 1. The zero-order valence-corrected chi connectivity index (χ0v) is 18.4. The van der Waals surface area contributed by atoms with Gasteiger partial charge in [-0.25, -0.2) is 0 Å². The lowest BCUT2D eigenvalue weighted by molar-refractivity contribution is -0.132. The topological polar surface area (TPSA) is 79.0 Å². The predicted octanol–water partition coefficient (Wildman–Crippen LogP) is 3.11. The molecule has 3 heterocycles. The van der Waals surface area contributed by atoms with Crippen LogP contribution >= 0.6 is 0 Å². The number of fused-ring (bicyclic) bond motifs is 5. The number of hydrogen-bond donors (Lipinski definition) is 1. The summed E-state index contributed by atoms with van der Waals surface area (Å²) in [7, 11) is 0. The van der Waals surface area contributed by atoms with E-state index in [4.69, 9.17) is 5.73 Å². The van der Waals surface area contributed by atoms with Crippen LogP contribution in [0, 0.1) is 24.7 Å². The van der Waals surface area contributed by atoms with E-state index < -0.39 is 6.17 Å². The fourth-order valence-corrected chi connectivity index (χ4v) is 5.25. The second-order valence-electron chi connectivity index (χ2n) is 9.70. The van der Waals surface area contributed by atoms with E-state index in [1.807, 2.05) is 30.0 Å². The third-order valence-corrected chi connectivity index (χ3v) is 6.80. The molecule has 1 atom stereocenters. The highest BCUT2D eigenvalue weighted by Crippen LogP contribution is 2.35. The highest BCUT2D eigenvalue weighted by atomic mass is 16.2. The Bertz CT molecular complexity index is 841. The summed E-state index contributed by atoms with van der Waals surface area (Å²) in [4.78, 5) is 34.7. The summed E-state index contributed by atoms with van der Waals surface area (Å²) in [6.07, 6.45) is 4.65. The molecule has 0 radical (unpaired) electrons. The minimum atomic E-state index is -0.973. The summed E-state index contributed by atoms with van der Waals surface area (Å²) in [6, 6.07) is 5.97. The molecule has 2 amide bonds. The molecule has 3 fully saturated rings. The quantitative estimate of drug-likeness (QED) is 0.828. The van der Waals surface area contributed by atoms with Crippen molar-refractivity contribution < 1.29 is 9.59 Å². The van der Waals surface area contributed by atoms with E-state index >= 15 is 0 Å². The Hall–Kier alpha value is -2.21. The molecule has 0 unspecified atom stereocenters. The molecule has 2 bridgehead atoms. The van der Waals surface area contributed by atoms with Gasteiger partial charge in [-0.15, -0.1) is 0 Å². The number of amides is 2. The average molecular weight is 411 g/mol. The van der Waals surface area contributed by atoms with Crippen LogP contribution in [0.3, 0.4) is 0 Å². The number of hydrogen-bond acceptors (Lipinski definition) is 4. The van der Waals surface area contributed by atoms with Gasteiger partial charge >= 0.3 is 0 Å². The van der Waals surface area contributed by atoms with Gasteiger partial charge < -0.3 is 10.6 Å². The minimum absolute atomic E-state index is 0.0239. The third kappa shape index (κ3) is 4.15. The molecule has 2 N–H and O–H groups in total. The Morgan fingerprint density at radius 3 is 2.40 bits per heavy atom. The van der Waals surface area contributed by atoms with Crippen molar-refractivity contribution in [2.45, 2.75) is 59.0 Å². The Morgan fingerprint density at radius 1 is 1.17 bits per heavy atom. The van der Waals surface area contributed by atoms with Crippen LogP contribution in [0.4, 0.5) is 5.69 Å². The van der Waals surface area contributed by atoms with Crippen molar-refractivity contribution >= 4 is 23.2 Å². The van der Waals surface area contributed by atoms with Crippen molar-refractivity contribution in [3.05, 3.63) is 29.3 Å². The normalized spacial score (nSPS) is 26.4. The number of nitrogens with two attached hydrogens (primary N) is 1. The van der Waals surface area contributed by atoms with Crippen molar-refractivity contribution in [1.29, 1.82) is 0 Å². The summed E-state index contributed by atoms with van der Waals surface area (Å²) in [6.45, 7) is 7.92. The number of rotatable bonds is 4. The number of nitrogens with zero attached hydrogens (tertiary/aromatic N) is 3. The standard InChI is InChI=1S/C24H34N4O2/c1-15(2)11-20-19-6-4-5-16(3)22(19)28(24(30)23(25)26-20)14-21(29)27-12-17-7-8-18(13-27)10-9-17/h4-6,15,17-18,23H,7-14,25H2,1-3H3/t17?,18?,23-/m0/s1. The molecule has 30 heavy (non-hydrogen) atoms. The van der Waals surface area contributed by atoms with E-state index in [-0.39, 0.29) is 18.4 Å². The van der Waals surface area contributed by atoms with Gasteiger partial charge in [0.2, 0.25) is 5.91 Å². The molecule has 0 spiro atoms. The van der Waals surface area contributed by atoms with Crippen LogP contribution in [0.25, 0.3) is 0 Å². The van der Waals surface area contributed by atoms with E-state index in [1.54, 1.807) is 4.90 Å². The van der Waals surface area contributed by atoms with Crippen molar-refractivity contribution in [1.82, 2.24) is 4.90 Å². The second kappa shape index (κ2) is 8.50. The Balaban J connectivity index is 1.65. The number of aliphatic imine (C=N–C) groups is 1. The first kappa shape index (κ1) is 21.0. The fourth-order valence-electron chi connectivity index (χ4n) is 5.25. The Kier molecular flexibility index (Phi) is 5.96. The maximum atomic E-state index is 13.3. The van der Waals surface area contributed by atoms with Crippen molar-refractivity contribution in [2.75, 3.05) is 24.5 Å². The van der Waals surface area contributed by atoms with Crippen LogP contribution in [0.2, 0.25) is 0 Å². The molecule has 162 valence electrons. The molecule has 1 saturated carbocycles. The molecule has 3 aliphatic heterocycles. The summed E-state index contributed by atoms with van der Waals surface area (Å²) < 4.78 is 0. The van der Waals surface area contributed by atoms with E-state index in [0.29, 0.717) is 17.8 Å². The highest BCUT2D eigenvalue weighted by Gasteiger charge is 2.36. The molecule has 1 aliphatic carbocycles. The maximum absolute atomic E-state index is 13.3. The van der Waals surface area contributed by atoms with E-state index in [2.05, 4.69) is 18.8 Å². The summed E-state index contributed by atoms with van der Waals surface area (Å²) in [5, 5.41) is 0. The molecule has 6 nitrogen and oxygen atoms in total. The van der Waals surface area contributed by atoms with Gasteiger partial charge in [-0.05, 0) is 62.3 Å². The lowest BCUT2D eigenvalue weighted by Crippen LogP contribution is -2.49. The van der Waals surface area contributed by atoms with Crippen molar-refractivity contribution in [3.8, 4) is 0 Å².